The van der Waals surface area contributed by atoms with Crippen molar-refractivity contribution in [3.8, 4) is 0 Å². The summed E-state index contributed by atoms with van der Waals surface area (Å²) in [5, 5.41) is 3.16. The van der Waals surface area contributed by atoms with Gasteiger partial charge >= 0.3 is 0 Å². The van der Waals surface area contributed by atoms with Gasteiger partial charge in [0.25, 0.3) is 0 Å². The molecule has 1 atom stereocenters. The number of hydrogen-bond donors (Lipinski definition) is 1. The highest BCUT2D eigenvalue weighted by Crippen LogP contribution is 2.32. The van der Waals surface area contributed by atoms with E-state index in [2.05, 4.69) is 10.3 Å². The molecule has 1 aromatic rings. The Morgan fingerprint density at radius 1 is 1.42 bits per heavy atom. The van der Waals surface area contributed by atoms with E-state index in [0.717, 1.165) is 12.8 Å². The summed E-state index contributed by atoms with van der Waals surface area (Å²) < 4.78 is 0. The predicted octanol–water partition coefficient (Wildman–Crippen LogP) is 1.68. The number of pyridine rings is 1. The Bertz CT molecular complexity index is 513. The largest absolute Gasteiger partial charge is 0.339 e. The van der Waals surface area contributed by atoms with Gasteiger partial charge in [-0.15, -0.1) is 0 Å². The van der Waals surface area contributed by atoms with E-state index < -0.39 is 0 Å². The predicted molar refractivity (Wildman–Crippen MR) is 70.7 cm³/mol. The lowest BCUT2D eigenvalue weighted by atomic mass is 10.1. The van der Waals surface area contributed by atoms with Gasteiger partial charge in [0, 0.05) is 19.0 Å². The number of rotatable bonds is 3. The first-order valence-electron chi connectivity index (χ1n) is 6.35. The minimum atomic E-state index is -0.260. The molecule has 1 unspecified atom stereocenters. The number of nitrogens with one attached hydrogen (secondary N) is 1. The average molecular weight is 280 g/mol. The fraction of sp³-hybridized carbons (Fsp3) is 0.462. The molecule has 0 bridgehead atoms. The third-order valence-electron chi connectivity index (χ3n) is 3.51. The van der Waals surface area contributed by atoms with Crippen LogP contribution in [0.1, 0.15) is 19.3 Å². The van der Waals surface area contributed by atoms with Gasteiger partial charge in [-0.2, -0.15) is 0 Å². The van der Waals surface area contributed by atoms with Crippen LogP contribution in [0.25, 0.3) is 0 Å². The zero-order valence-electron chi connectivity index (χ0n) is 10.3. The minimum absolute atomic E-state index is 0.0943. The zero-order chi connectivity index (χ0) is 13.4. The highest BCUT2D eigenvalue weighted by Gasteiger charge is 2.41. The summed E-state index contributed by atoms with van der Waals surface area (Å²) in [5.41, 5.74) is 0.603. The van der Waals surface area contributed by atoms with Gasteiger partial charge in [-0.1, -0.05) is 11.6 Å². The number of carbonyl (C=O) groups is 2. The third-order valence-corrected chi connectivity index (χ3v) is 3.74. The van der Waals surface area contributed by atoms with Crippen LogP contribution in [0.15, 0.2) is 18.3 Å². The molecule has 1 saturated carbocycles. The van der Waals surface area contributed by atoms with Crippen LogP contribution in [0.5, 0.6) is 0 Å². The van der Waals surface area contributed by atoms with Crippen molar-refractivity contribution < 1.29 is 9.59 Å². The standard InChI is InChI=1S/C13H14ClN3O2/c14-11-4-1-9(6-15-11)16-13(19)8-5-12(18)17(7-8)10-2-3-10/h1,4,6,8,10H,2-3,5,7H2,(H,16,19). The first-order valence-corrected chi connectivity index (χ1v) is 6.73. The van der Waals surface area contributed by atoms with Crippen molar-refractivity contribution in [1.82, 2.24) is 9.88 Å². The summed E-state index contributed by atoms with van der Waals surface area (Å²) in [4.78, 5) is 29.6. The van der Waals surface area contributed by atoms with Gasteiger partial charge in [0.05, 0.1) is 17.8 Å². The van der Waals surface area contributed by atoms with Crippen LogP contribution in [0.4, 0.5) is 5.69 Å². The zero-order valence-corrected chi connectivity index (χ0v) is 11.1. The minimum Gasteiger partial charge on any atom is -0.339 e. The smallest absolute Gasteiger partial charge is 0.229 e. The lowest BCUT2D eigenvalue weighted by Crippen LogP contribution is -2.29. The number of carbonyl (C=O) groups excluding carboxylic acids is 2. The monoisotopic (exact) mass is 279 g/mol. The van der Waals surface area contributed by atoms with Crippen LogP contribution in [0, 0.1) is 5.92 Å². The van der Waals surface area contributed by atoms with Gasteiger partial charge in [0.1, 0.15) is 5.15 Å². The van der Waals surface area contributed by atoms with Gasteiger partial charge in [0.2, 0.25) is 11.8 Å². The molecular weight excluding hydrogens is 266 g/mol. The molecule has 2 fully saturated rings. The quantitative estimate of drug-likeness (QED) is 0.857. The molecule has 1 saturated heterocycles. The van der Waals surface area contributed by atoms with Crippen molar-refractivity contribution in [2.24, 2.45) is 5.92 Å². The van der Waals surface area contributed by atoms with E-state index in [1.807, 2.05) is 4.90 Å². The Labute approximate surface area is 115 Å². The van der Waals surface area contributed by atoms with Crippen molar-refractivity contribution in [3.05, 3.63) is 23.5 Å². The number of anilines is 1. The molecular formula is C13H14ClN3O2. The van der Waals surface area contributed by atoms with E-state index in [9.17, 15) is 9.59 Å². The molecule has 0 radical (unpaired) electrons. The SMILES string of the molecule is O=C(Nc1ccc(Cl)nc1)C1CC(=O)N(C2CC2)C1. The molecule has 1 aliphatic carbocycles. The van der Waals surface area contributed by atoms with Crippen LogP contribution in [-0.4, -0.2) is 34.3 Å². The molecule has 2 heterocycles. The summed E-state index contributed by atoms with van der Waals surface area (Å²) >= 11 is 5.68. The molecule has 19 heavy (non-hydrogen) atoms. The van der Waals surface area contributed by atoms with Gasteiger partial charge in [-0.3, -0.25) is 9.59 Å². The molecule has 6 heteroatoms. The Balaban J connectivity index is 1.61. The van der Waals surface area contributed by atoms with E-state index >= 15 is 0 Å². The van der Waals surface area contributed by atoms with Crippen LogP contribution in [-0.2, 0) is 9.59 Å². The molecule has 3 rings (SSSR count). The number of nitrogens with zero attached hydrogens (tertiary/aromatic N) is 2. The topological polar surface area (TPSA) is 62.3 Å². The van der Waals surface area contributed by atoms with E-state index in [-0.39, 0.29) is 17.7 Å². The normalized spacial score (nSPS) is 22.7. The molecule has 0 spiro atoms. The lowest BCUT2D eigenvalue weighted by molar-refractivity contribution is -0.128. The van der Waals surface area contributed by atoms with Crippen molar-refractivity contribution in [2.45, 2.75) is 25.3 Å². The number of aromatic nitrogens is 1. The number of halogens is 1. The lowest BCUT2D eigenvalue weighted by Gasteiger charge is -2.15. The maximum Gasteiger partial charge on any atom is 0.229 e. The maximum atomic E-state index is 12.1. The second kappa shape index (κ2) is 4.81. The summed E-state index contributed by atoms with van der Waals surface area (Å²) in [7, 11) is 0. The van der Waals surface area contributed by atoms with Gasteiger partial charge < -0.3 is 10.2 Å². The molecule has 5 nitrogen and oxygen atoms in total. The Morgan fingerprint density at radius 2 is 2.21 bits per heavy atom. The van der Waals surface area contributed by atoms with E-state index in [0.29, 0.717) is 29.8 Å². The fourth-order valence-electron chi connectivity index (χ4n) is 2.34. The van der Waals surface area contributed by atoms with E-state index in [1.54, 1.807) is 12.1 Å². The van der Waals surface area contributed by atoms with Gasteiger partial charge in [-0.25, -0.2) is 4.98 Å². The third kappa shape index (κ3) is 2.71. The first kappa shape index (κ1) is 12.4. The molecule has 1 aliphatic heterocycles. The highest BCUT2D eigenvalue weighted by atomic mass is 35.5. The number of amides is 2. The van der Waals surface area contributed by atoms with Crippen LogP contribution in [0.2, 0.25) is 5.15 Å². The summed E-state index contributed by atoms with van der Waals surface area (Å²) in [5.74, 6) is -0.290. The Hall–Kier alpha value is -1.62. The van der Waals surface area contributed by atoms with Crippen LogP contribution >= 0.6 is 11.6 Å². The number of likely N-dealkylation sites (tertiary alicyclic amines) is 1. The van der Waals surface area contributed by atoms with Gasteiger partial charge in [0.15, 0.2) is 0 Å². The molecule has 100 valence electrons. The molecule has 2 amide bonds. The van der Waals surface area contributed by atoms with E-state index in [1.165, 1.54) is 6.20 Å². The molecule has 1 aromatic heterocycles. The van der Waals surface area contributed by atoms with E-state index in [4.69, 9.17) is 11.6 Å². The second-order valence-corrected chi connectivity index (χ2v) is 5.42. The first-order chi connectivity index (χ1) is 9.13. The summed E-state index contributed by atoms with van der Waals surface area (Å²) in [6, 6.07) is 3.69. The van der Waals surface area contributed by atoms with Crippen molar-refractivity contribution in [3.63, 3.8) is 0 Å². The fourth-order valence-corrected chi connectivity index (χ4v) is 2.45. The number of hydrogen-bond acceptors (Lipinski definition) is 3. The van der Waals surface area contributed by atoms with Crippen molar-refractivity contribution >= 4 is 29.1 Å². The van der Waals surface area contributed by atoms with Crippen molar-refractivity contribution in [1.29, 1.82) is 0 Å². The van der Waals surface area contributed by atoms with Crippen molar-refractivity contribution in [2.75, 3.05) is 11.9 Å². The molecule has 0 aromatic carbocycles. The molecule has 1 N–H and O–H groups in total. The van der Waals surface area contributed by atoms with Gasteiger partial charge in [-0.05, 0) is 25.0 Å². The Kier molecular flexibility index (Phi) is 3.14. The van der Waals surface area contributed by atoms with Crippen LogP contribution in [0.3, 0.4) is 0 Å². The molecule has 2 aliphatic rings. The average Bonchev–Trinajstić information content (AvgIpc) is 3.15. The summed E-state index contributed by atoms with van der Waals surface area (Å²) in [6.45, 7) is 0.538. The Morgan fingerprint density at radius 3 is 2.84 bits per heavy atom. The second-order valence-electron chi connectivity index (χ2n) is 5.04. The maximum absolute atomic E-state index is 12.1. The highest BCUT2D eigenvalue weighted by molar-refractivity contribution is 6.29. The van der Waals surface area contributed by atoms with Crippen LogP contribution < -0.4 is 5.32 Å². The summed E-state index contributed by atoms with van der Waals surface area (Å²) in [6.07, 6.45) is 3.96.